The number of thiazole rings is 1. The largest absolute Gasteiger partial charge is 0.369 e. The van der Waals surface area contributed by atoms with Crippen LogP contribution in [0.5, 0.6) is 0 Å². The van der Waals surface area contributed by atoms with Gasteiger partial charge >= 0.3 is 0 Å². The SMILES string of the molecule is CCN1CCN(c2ccc(Nc3ncc(Br)c(Nc4ccc5scnc5c4)n3)cc2)CC1. The Balaban J connectivity index is 1.27. The third-order valence-electron chi connectivity index (χ3n) is 5.65. The molecule has 1 saturated heterocycles. The number of nitrogens with one attached hydrogen (secondary N) is 2. The van der Waals surface area contributed by atoms with Crippen LogP contribution in [0.2, 0.25) is 0 Å². The molecule has 164 valence electrons. The summed E-state index contributed by atoms with van der Waals surface area (Å²) >= 11 is 5.17. The first-order chi connectivity index (χ1) is 15.7. The Morgan fingerprint density at radius 3 is 2.53 bits per heavy atom. The van der Waals surface area contributed by atoms with Crippen LogP contribution in [-0.4, -0.2) is 52.6 Å². The Labute approximate surface area is 199 Å². The van der Waals surface area contributed by atoms with Crippen LogP contribution in [0.4, 0.5) is 28.8 Å². The fraction of sp³-hybridized carbons (Fsp3) is 0.261. The van der Waals surface area contributed by atoms with E-state index < -0.39 is 0 Å². The smallest absolute Gasteiger partial charge is 0.229 e. The van der Waals surface area contributed by atoms with Gasteiger partial charge in [-0.25, -0.2) is 9.97 Å². The Hall–Kier alpha value is -2.75. The summed E-state index contributed by atoms with van der Waals surface area (Å²) in [5.41, 5.74) is 5.97. The lowest BCUT2D eigenvalue weighted by molar-refractivity contribution is 0.271. The van der Waals surface area contributed by atoms with Crippen LogP contribution in [0, 0.1) is 0 Å². The van der Waals surface area contributed by atoms with E-state index in [0.717, 1.165) is 58.8 Å². The number of nitrogens with zero attached hydrogens (tertiary/aromatic N) is 5. The van der Waals surface area contributed by atoms with Gasteiger partial charge in [0.25, 0.3) is 0 Å². The van der Waals surface area contributed by atoms with E-state index >= 15 is 0 Å². The zero-order chi connectivity index (χ0) is 21.9. The molecule has 0 saturated carbocycles. The summed E-state index contributed by atoms with van der Waals surface area (Å²) in [7, 11) is 0. The maximum Gasteiger partial charge on any atom is 0.229 e. The van der Waals surface area contributed by atoms with Crippen LogP contribution >= 0.6 is 27.3 Å². The van der Waals surface area contributed by atoms with Crippen LogP contribution in [0.1, 0.15) is 6.92 Å². The fourth-order valence-electron chi connectivity index (χ4n) is 3.79. The van der Waals surface area contributed by atoms with Crippen molar-refractivity contribution in [3.63, 3.8) is 0 Å². The molecular formula is C23H24BrN7S. The molecule has 0 spiro atoms. The van der Waals surface area contributed by atoms with E-state index in [4.69, 9.17) is 0 Å². The molecule has 4 aromatic rings. The summed E-state index contributed by atoms with van der Waals surface area (Å²) in [5.74, 6) is 1.23. The molecule has 1 fully saturated rings. The Morgan fingerprint density at radius 2 is 1.75 bits per heavy atom. The van der Waals surface area contributed by atoms with Gasteiger partial charge in [-0.3, -0.25) is 0 Å². The van der Waals surface area contributed by atoms with E-state index in [1.54, 1.807) is 17.5 Å². The van der Waals surface area contributed by atoms with Crippen molar-refractivity contribution in [3.05, 3.63) is 58.6 Å². The van der Waals surface area contributed by atoms with Crippen molar-refractivity contribution in [2.24, 2.45) is 0 Å². The Kier molecular flexibility index (Phi) is 6.20. The molecule has 0 radical (unpaired) electrons. The van der Waals surface area contributed by atoms with Crippen molar-refractivity contribution in [1.82, 2.24) is 19.9 Å². The predicted octanol–water partition coefficient (Wildman–Crippen LogP) is 5.48. The number of benzene rings is 2. The molecular weight excluding hydrogens is 486 g/mol. The van der Waals surface area contributed by atoms with E-state index in [1.165, 1.54) is 5.69 Å². The highest BCUT2D eigenvalue weighted by molar-refractivity contribution is 9.10. The van der Waals surface area contributed by atoms with Gasteiger partial charge in [0.2, 0.25) is 5.95 Å². The van der Waals surface area contributed by atoms with Gasteiger partial charge in [-0.2, -0.15) is 4.98 Å². The second-order valence-corrected chi connectivity index (χ2v) is 9.38. The van der Waals surface area contributed by atoms with Crippen LogP contribution in [0.3, 0.4) is 0 Å². The molecule has 1 aliphatic heterocycles. The fourth-order valence-corrected chi connectivity index (χ4v) is 4.74. The summed E-state index contributed by atoms with van der Waals surface area (Å²) in [4.78, 5) is 18.4. The summed E-state index contributed by atoms with van der Waals surface area (Å²) in [6, 6.07) is 14.6. The summed E-state index contributed by atoms with van der Waals surface area (Å²) in [6.45, 7) is 7.72. The molecule has 0 amide bonds. The monoisotopic (exact) mass is 509 g/mol. The molecule has 2 aromatic heterocycles. The van der Waals surface area contributed by atoms with Crippen molar-refractivity contribution in [2.75, 3.05) is 48.3 Å². The van der Waals surface area contributed by atoms with E-state index in [1.807, 2.05) is 17.6 Å². The minimum Gasteiger partial charge on any atom is -0.369 e. The molecule has 3 heterocycles. The number of halogens is 1. The van der Waals surface area contributed by atoms with Crippen molar-refractivity contribution in [2.45, 2.75) is 6.92 Å². The van der Waals surface area contributed by atoms with Gasteiger partial charge in [0, 0.05) is 49.4 Å². The van der Waals surface area contributed by atoms with Gasteiger partial charge < -0.3 is 20.4 Å². The molecule has 2 N–H and O–H groups in total. The van der Waals surface area contributed by atoms with Gasteiger partial charge in [0.1, 0.15) is 5.82 Å². The molecule has 0 bridgehead atoms. The van der Waals surface area contributed by atoms with E-state index in [-0.39, 0.29) is 0 Å². The molecule has 9 heteroatoms. The molecule has 7 nitrogen and oxygen atoms in total. The lowest BCUT2D eigenvalue weighted by atomic mass is 10.2. The van der Waals surface area contributed by atoms with Crippen LogP contribution < -0.4 is 15.5 Å². The van der Waals surface area contributed by atoms with E-state index in [0.29, 0.717) is 11.8 Å². The number of fused-ring (bicyclic) bond motifs is 1. The van der Waals surface area contributed by atoms with Gasteiger partial charge in [-0.15, -0.1) is 11.3 Å². The summed E-state index contributed by atoms with van der Waals surface area (Å²) in [6.07, 6.45) is 1.75. The molecule has 1 aliphatic rings. The van der Waals surface area contributed by atoms with Crippen molar-refractivity contribution in [1.29, 1.82) is 0 Å². The number of rotatable bonds is 6. The average Bonchev–Trinajstić information content (AvgIpc) is 3.30. The molecule has 32 heavy (non-hydrogen) atoms. The maximum absolute atomic E-state index is 4.65. The van der Waals surface area contributed by atoms with Gasteiger partial charge in [0.15, 0.2) is 0 Å². The molecule has 0 aliphatic carbocycles. The van der Waals surface area contributed by atoms with Crippen molar-refractivity contribution in [3.8, 4) is 0 Å². The quantitative estimate of drug-likeness (QED) is 0.356. The van der Waals surface area contributed by atoms with Crippen LogP contribution in [0.15, 0.2) is 58.6 Å². The van der Waals surface area contributed by atoms with Gasteiger partial charge in [-0.05, 0) is 64.9 Å². The minimum atomic E-state index is 0.537. The second-order valence-electron chi connectivity index (χ2n) is 7.64. The number of aromatic nitrogens is 3. The topological polar surface area (TPSA) is 69.2 Å². The van der Waals surface area contributed by atoms with Crippen molar-refractivity contribution < 1.29 is 0 Å². The third kappa shape index (κ3) is 4.69. The number of likely N-dealkylation sites (N-methyl/N-ethyl adjacent to an activating group) is 1. The zero-order valence-corrected chi connectivity index (χ0v) is 20.2. The lowest BCUT2D eigenvalue weighted by Gasteiger charge is -2.35. The predicted molar refractivity (Wildman–Crippen MR) is 137 cm³/mol. The molecule has 5 rings (SSSR count). The first-order valence-corrected chi connectivity index (χ1v) is 12.3. The Bertz CT molecular complexity index is 1200. The first kappa shape index (κ1) is 21.1. The molecule has 2 aromatic carbocycles. The number of anilines is 5. The number of hydrogen-bond acceptors (Lipinski definition) is 8. The first-order valence-electron chi connectivity index (χ1n) is 10.6. The minimum absolute atomic E-state index is 0.537. The number of hydrogen-bond donors (Lipinski definition) is 2. The maximum atomic E-state index is 4.65. The molecule has 0 atom stereocenters. The van der Waals surface area contributed by atoms with Gasteiger partial charge in [-0.1, -0.05) is 6.92 Å². The third-order valence-corrected chi connectivity index (χ3v) is 7.04. The lowest BCUT2D eigenvalue weighted by Crippen LogP contribution is -2.46. The zero-order valence-electron chi connectivity index (χ0n) is 17.8. The van der Waals surface area contributed by atoms with E-state index in [2.05, 4.69) is 88.6 Å². The highest BCUT2D eigenvalue weighted by atomic mass is 79.9. The highest BCUT2D eigenvalue weighted by Gasteiger charge is 2.15. The summed E-state index contributed by atoms with van der Waals surface area (Å²) < 4.78 is 1.96. The standard InChI is InChI=1S/C23H24BrN7S/c1-2-30-9-11-31(12-10-30)18-6-3-16(4-7-18)28-23-25-14-19(24)22(29-23)27-17-5-8-21-20(13-17)26-15-32-21/h3-8,13-15H,2,9-12H2,1H3,(H2,25,27,28,29). The summed E-state index contributed by atoms with van der Waals surface area (Å²) in [5, 5.41) is 6.67. The average molecular weight is 510 g/mol. The second kappa shape index (κ2) is 9.40. The highest BCUT2D eigenvalue weighted by Crippen LogP contribution is 2.28. The van der Waals surface area contributed by atoms with Crippen LogP contribution in [-0.2, 0) is 0 Å². The van der Waals surface area contributed by atoms with E-state index in [9.17, 15) is 0 Å². The number of piperazine rings is 1. The van der Waals surface area contributed by atoms with Crippen LogP contribution in [0.25, 0.3) is 10.2 Å². The van der Waals surface area contributed by atoms with Gasteiger partial charge in [0.05, 0.1) is 20.2 Å². The molecule has 0 unspecified atom stereocenters. The van der Waals surface area contributed by atoms with Crippen molar-refractivity contribution >= 4 is 66.3 Å². The Morgan fingerprint density at radius 1 is 0.969 bits per heavy atom. The normalized spacial score (nSPS) is 14.6.